The second kappa shape index (κ2) is 6.13. The molecule has 13 heavy (non-hydrogen) atoms. The van der Waals surface area contributed by atoms with E-state index in [4.69, 9.17) is 0 Å². The Labute approximate surface area is 82.3 Å². The van der Waals surface area contributed by atoms with Crippen molar-refractivity contribution in [3.8, 4) is 0 Å². The van der Waals surface area contributed by atoms with E-state index in [2.05, 4.69) is 46.9 Å². The lowest BCUT2D eigenvalue weighted by Crippen LogP contribution is -2.53. The average molecular weight is 188 g/mol. The van der Waals surface area contributed by atoms with Crippen LogP contribution in [-0.2, 0) is 0 Å². The van der Waals surface area contributed by atoms with Crippen LogP contribution in [0.5, 0.6) is 0 Å². The maximum atomic E-state index is 3.87. The topological polar surface area (TPSA) is 42.0 Å². The molecule has 3 heteroatoms. The van der Waals surface area contributed by atoms with Gasteiger partial charge in [-0.25, -0.2) is 0 Å². The highest BCUT2D eigenvalue weighted by molar-refractivity contribution is 4.90. The van der Waals surface area contributed by atoms with E-state index in [0.717, 1.165) is 17.4 Å². The van der Waals surface area contributed by atoms with Crippen molar-refractivity contribution in [2.75, 3.05) is 27.7 Å². The SMILES string of the molecule is C=C(C)CNC(CC)[N+](C)(C)C.[OH-]. The van der Waals surface area contributed by atoms with Gasteiger partial charge in [0.2, 0.25) is 0 Å². The molecule has 0 bridgehead atoms. The van der Waals surface area contributed by atoms with Crippen LogP contribution in [-0.4, -0.2) is 43.8 Å². The van der Waals surface area contributed by atoms with E-state index in [9.17, 15) is 0 Å². The minimum Gasteiger partial charge on any atom is -0.870 e. The maximum Gasteiger partial charge on any atom is 0.142 e. The van der Waals surface area contributed by atoms with Gasteiger partial charge in [0.15, 0.2) is 0 Å². The molecule has 0 spiro atoms. The average Bonchev–Trinajstić information content (AvgIpc) is 1.85. The molecule has 0 aliphatic carbocycles. The van der Waals surface area contributed by atoms with E-state index in [1.807, 2.05) is 0 Å². The zero-order valence-corrected chi connectivity index (χ0v) is 9.59. The summed E-state index contributed by atoms with van der Waals surface area (Å²) in [5.41, 5.74) is 1.20. The van der Waals surface area contributed by atoms with Crippen molar-refractivity contribution in [2.45, 2.75) is 26.4 Å². The Balaban J connectivity index is 0. The van der Waals surface area contributed by atoms with Crippen molar-refractivity contribution in [3.05, 3.63) is 12.2 Å². The summed E-state index contributed by atoms with van der Waals surface area (Å²) in [7, 11) is 6.62. The normalized spacial score (nSPS) is 13.3. The van der Waals surface area contributed by atoms with E-state index in [0.29, 0.717) is 6.17 Å². The van der Waals surface area contributed by atoms with Crippen LogP contribution >= 0.6 is 0 Å². The van der Waals surface area contributed by atoms with E-state index in [-0.39, 0.29) is 5.48 Å². The molecule has 0 heterocycles. The first-order valence-electron chi connectivity index (χ1n) is 4.56. The lowest BCUT2D eigenvalue weighted by molar-refractivity contribution is -0.899. The summed E-state index contributed by atoms with van der Waals surface area (Å²) in [6.07, 6.45) is 1.68. The number of rotatable bonds is 5. The third kappa shape index (κ3) is 6.75. The first-order valence-corrected chi connectivity index (χ1v) is 4.56. The molecule has 0 saturated heterocycles. The Bertz CT molecular complexity index is 149. The van der Waals surface area contributed by atoms with Gasteiger partial charge < -0.3 is 9.96 Å². The summed E-state index contributed by atoms with van der Waals surface area (Å²) in [5, 5.41) is 3.48. The second-order valence-electron chi connectivity index (χ2n) is 4.38. The van der Waals surface area contributed by atoms with Gasteiger partial charge in [-0.3, -0.25) is 5.32 Å². The predicted molar refractivity (Wildman–Crippen MR) is 56.9 cm³/mol. The third-order valence-electron chi connectivity index (χ3n) is 1.96. The quantitative estimate of drug-likeness (QED) is 0.403. The number of quaternary nitrogens is 1. The number of nitrogens with zero attached hydrogens (tertiary/aromatic N) is 1. The lowest BCUT2D eigenvalue weighted by atomic mass is 10.2. The van der Waals surface area contributed by atoms with E-state index < -0.39 is 0 Å². The molecule has 1 unspecified atom stereocenters. The largest absolute Gasteiger partial charge is 0.870 e. The number of hydrogen-bond donors (Lipinski definition) is 1. The highest BCUT2D eigenvalue weighted by Crippen LogP contribution is 2.03. The molecule has 0 fully saturated rings. The summed E-state index contributed by atoms with van der Waals surface area (Å²) in [6.45, 7) is 9.06. The first-order chi connectivity index (χ1) is 5.38. The fourth-order valence-corrected chi connectivity index (χ4v) is 1.26. The van der Waals surface area contributed by atoms with Crippen LogP contribution in [0.2, 0.25) is 0 Å². The smallest absolute Gasteiger partial charge is 0.142 e. The predicted octanol–water partition coefficient (Wildman–Crippen LogP) is 1.42. The summed E-state index contributed by atoms with van der Waals surface area (Å²) < 4.78 is 0.962. The number of hydrogen-bond acceptors (Lipinski definition) is 2. The van der Waals surface area contributed by atoms with Gasteiger partial charge in [0.05, 0.1) is 21.1 Å². The van der Waals surface area contributed by atoms with E-state index >= 15 is 0 Å². The van der Waals surface area contributed by atoms with Crippen molar-refractivity contribution < 1.29 is 9.96 Å². The molecule has 0 rings (SSSR count). The molecule has 0 saturated carbocycles. The van der Waals surface area contributed by atoms with Crippen molar-refractivity contribution in [2.24, 2.45) is 0 Å². The molecule has 0 aromatic carbocycles. The lowest BCUT2D eigenvalue weighted by Gasteiger charge is -2.34. The monoisotopic (exact) mass is 188 g/mol. The van der Waals surface area contributed by atoms with Crippen LogP contribution in [0.4, 0.5) is 0 Å². The maximum absolute atomic E-state index is 3.87. The van der Waals surface area contributed by atoms with Gasteiger partial charge in [0.1, 0.15) is 6.17 Å². The molecular weight excluding hydrogens is 164 g/mol. The zero-order valence-electron chi connectivity index (χ0n) is 9.59. The molecule has 0 aromatic heterocycles. The zero-order chi connectivity index (χ0) is 9.78. The van der Waals surface area contributed by atoms with Crippen molar-refractivity contribution in [1.29, 1.82) is 0 Å². The van der Waals surface area contributed by atoms with Gasteiger partial charge >= 0.3 is 0 Å². The van der Waals surface area contributed by atoms with Crippen LogP contribution in [0.15, 0.2) is 12.2 Å². The third-order valence-corrected chi connectivity index (χ3v) is 1.96. The van der Waals surface area contributed by atoms with E-state index in [1.54, 1.807) is 0 Å². The molecular formula is C10H24N2O. The molecule has 0 amide bonds. The minimum atomic E-state index is 0. The first kappa shape index (κ1) is 15.1. The molecule has 0 aromatic rings. The van der Waals surface area contributed by atoms with Gasteiger partial charge in [-0.1, -0.05) is 19.1 Å². The molecule has 0 aliphatic rings. The summed E-state index contributed by atoms with van der Waals surface area (Å²) in [6, 6.07) is 0. The Kier molecular flexibility index (Phi) is 7.13. The van der Waals surface area contributed by atoms with Gasteiger partial charge in [-0.15, -0.1) is 0 Å². The van der Waals surface area contributed by atoms with Crippen molar-refractivity contribution in [1.82, 2.24) is 5.32 Å². The Morgan fingerprint density at radius 2 is 1.85 bits per heavy atom. The molecule has 80 valence electrons. The van der Waals surface area contributed by atoms with Crippen molar-refractivity contribution >= 4 is 0 Å². The van der Waals surface area contributed by atoms with Crippen LogP contribution in [0.3, 0.4) is 0 Å². The Morgan fingerprint density at radius 3 is 2.08 bits per heavy atom. The van der Waals surface area contributed by atoms with Gasteiger partial charge in [0.25, 0.3) is 0 Å². The van der Waals surface area contributed by atoms with Crippen LogP contribution in [0, 0.1) is 0 Å². The van der Waals surface area contributed by atoms with E-state index in [1.165, 1.54) is 5.57 Å². The highest BCUT2D eigenvalue weighted by atomic mass is 16.0. The fourth-order valence-electron chi connectivity index (χ4n) is 1.26. The van der Waals surface area contributed by atoms with Gasteiger partial charge in [-0.05, 0) is 6.92 Å². The second-order valence-corrected chi connectivity index (χ2v) is 4.38. The highest BCUT2D eigenvalue weighted by Gasteiger charge is 2.20. The van der Waals surface area contributed by atoms with Gasteiger partial charge in [-0.2, -0.15) is 0 Å². The summed E-state index contributed by atoms with van der Waals surface area (Å²) >= 11 is 0. The minimum absolute atomic E-state index is 0. The van der Waals surface area contributed by atoms with Crippen LogP contribution in [0.25, 0.3) is 0 Å². The molecule has 2 N–H and O–H groups in total. The molecule has 0 aliphatic heterocycles. The Morgan fingerprint density at radius 1 is 1.38 bits per heavy atom. The Hall–Kier alpha value is -0.380. The standard InChI is InChI=1S/C10H23N2.H2O/c1-7-10(12(4,5)6)11-8-9(2)3;/h10-11H,2,7-8H2,1,3-6H3;1H2/q+1;/p-1. The molecule has 1 atom stereocenters. The summed E-state index contributed by atoms with van der Waals surface area (Å²) in [5.74, 6) is 0. The fraction of sp³-hybridized carbons (Fsp3) is 0.800. The van der Waals surface area contributed by atoms with Gasteiger partial charge in [0, 0.05) is 13.0 Å². The summed E-state index contributed by atoms with van der Waals surface area (Å²) in [4.78, 5) is 0. The molecule has 3 nitrogen and oxygen atoms in total. The number of nitrogens with one attached hydrogen (secondary N) is 1. The van der Waals surface area contributed by atoms with Crippen LogP contribution < -0.4 is 5.32 Å². The molecule has 0 radical (unpaired) electrons. The van der Waals surface area contributed by atoms with Crippen molar-refractivity contribution in [3.63, 3.8) is 0 Å². The van der Waals surface area contributed by atoms with Crippen LogP contribution in [0.1, 0.15) is 20.3 Å².